The third-order valence-corrected chi connectivity index (χ3v) is 3.15. The Morgan fingerprint density at radius 3 is 2.00 bits per heavy atom. The van der Waals surface area contributed by atoms with Crippen LogP contribution in [0.4, 0.5) is 0 Å². The fourth-order valence-electron chi connectivity index (χ4n) is 2.19. The summed E-state index contributed by atoms with van der Waals surface area (Å²) in [7, 11) is 0. The summed E-state index contributed by atoms with van der Waals surface area (Å²) in [5, 5.41) is 0. The minimum absolute atomic E-state index is 0.241. The number of hydrogen-bond acceptors (Lipinski definition) is 1. The van der Waals surface area contributed by atoms with Gasteiger partial charge in [0.2, 0.25) is 0 Å². The molecule has 1 nitrogen and oxygen atoms in total. The van der Waals surface area contributed by atoms with Crippen molar-refractivity contribution in [2.75, 3.05) is 0 Å². The summed E-state index contributed by atoms with van der Waals surface area (Å²) >= 11 is 0. The topological polar surface area (TPSA) is 17.1 Å². The number of carbonyl (C=O) groups is 1. The zero-order valence-electron chi connectivity index (χ0n) is 8.37. The number of carbonyl (C=O) groups excluding carboxylic acids is 1. The Balaban J connectivity index is 2.84. The van der Waals surface area contributed by atoms with Crippen molar-refractivity contribution in [3.8, 4) is 0 Å². The van der Waals surface area contributed by atoms with Crippen molar-refractivity contribution in [1.82, 2.24) is 0 Å². The third-order valence-electron chi connectivity index (χ3n) is 3.15. The molecule has 0 unspecified atom stereocenters. The Morgan fingerprint density at radius 1 is 1.08 bits per heavy atom. The first kappa shape index (κ1) is 9.50. The van der Waals surface area contributed by atoms with Crippen molar-refractivity contribution in [2.45, 2.75) is 27.7 Å². The molecule has 0 heterocycles. The molecule has 0 fully saturated rings. The molecule has 1 rings (SSSR count). The summed E-state index contributed by atoms with van der Waals surface area (Å²) in [5.41, 5.74) is 0. The Morgan fingerprint density at radius 2 is 1.58 bits per heavy atom. The van der Waals surface area contributed by atoms with E-state index in [4.69, 9.17) is 0 Å². The maximum atomic E-state index is 11.3. The van der Waals surface area contributed by atoms with Gasteiger partial charge in [0.15, 0.2) is 0 Å². The van der Waals surface area contributed by atoms with Gasteiger partial charge >= 0.3 is 0 Å². The molecule has 0 aromatic rings. The highest BCUT2D eigenvalue weighted by atomic mass is 16.1. The van der Waals surface area contributed by atoms with E-state index in [1.54, 1.807) is 6.92 Å². The van der Waals surface area contributed by atoms with E-state index in [1.807, 2.05) is 0 Å². The second-order valence-corrected chi connectivity index (χ2v) is 4.10. The molecular formula is C11H18O. The van der Waals surface area contributed by atoms with Gasteiger partial charge in [-0.25, -0.2) is 0 Å². The molecule has 0 N–H and O–H groups in total. The Hall–Kier alpha value is -0.590. The SMILES string of the molecule is CC(=O)[C@H]1[C@H](C)[C@H](C)C=C[C@H]1C. The highest BCUT2D eigenvalue weighted by molar-refractivity contribution is 5.79. The van der Waals surface area contributed by atoms with Gasteiger partial charge < -0.3 is 0 Å². The van der Waals surface area contributed by atoms with E-state index >= 15 is 0 Å². The van der Waals surface area contributed by atoms with E-state index in [9.17, 15) is 4.79 Å². The fraction of sp³-hybridized carbons (Fsp3) is 0.727. The molecule has 0 saturated carbocycles. The van der Waals surface area contributed by atoms with Crippen LogP contribution >= 0.6 is 0 Å². The van der Waals surface area contributed by atoms with E-state index < -0.39 is 0 Å². The predicted molar refractivity (Wildman–Crippen MR) is 50.8 cm³/mol. The molecular weight excluding hydrogens is 148 g/mol. The Kier molecular flexibility index (Phi) is 2.71. The van der Waals surface area contributed by atoms with Crippen molar-refractivity contribution < 1.29 is 4.79 Å². The van der Waals surface area contributed by atoms with Gasteiger partial charge in [-0.1, -0.05) is 32.9 Å². The van der Waals surface area contributed by atoms with Crippen LogP contribution in [-0.4, -0.2) is 5.78 Å². The predicted octanol–water partition coefficient (Wildman–Crippen LogP) is 2.67. The highest BCUT2D eigenvalue weighted by Gasteiger charge is 2.31. The Bertz CT molecular complexity index is 205. The summed E-state index contributed by atoms with van der Waals surface area (Å²) < 4.78 is 0. The van der Waals surface area contributed by atoms with Gasteiger partial charge in [0.05, 0.1) is 0 Å². The number of allylic oxidation sites excluding steroid dienone is 2. The van der Waals surface area contributed by atoms with E-state index in [2.05, 4.69) is 32.9 Å². The van der Waals surface area contributed by atoms with Crippen LogP contribution in [0.3, 0.4) is 0 Å². The molecule has 0 aliphatic heterocycles. The zero-order chi connectivity index (χ0) is 9.30. The van der Waals surface area contributed by atoms with Gasteiger partial charge in [-0.3, -0.25) is 4.79 Å². The zero-order valence-corrected chi connectivity index (χ0v) is 8.37. The van der Waals surface area contributed by atoms with Gasteiger partial charge in [-0.05, 0) is 24.7 Å². The summed E-state index contributed by atoms with van der Waals surface area (Å²) in [6, 6.07) is 0. The molecule has 0 amide bonds. The molecule has 0 aromatic heterocycles. The molecule has 4 atom stereocenters. The highest BCUT2D eigenvalue weighted by Crippen LogP contribution is 2.33. The lowest BCUT2D eigenvalue weighted by atomic mass is 9.71. The number of hydrogen-bond donors (Lipinski definition) is 0. The minimum atomic E-state index is 0.241. The molecule has 1 heteroatoms. The molecule has 0 spiro atoms. The quantitative estimate of drug-likeness (QED) is 0.547. The molecule has 0 radical (unpaired) electrons. The molecule has 68 valence electrons. The average molecular weight is 166 g/mol. The van der Waals surface area contributed by atoms with Gasteiger partial charge in [0.25, 0.3) is 0 Å². The molecule has 1 aliphatic carbocycles. The summed E-state index contributed by atoms with van der Waals surface area (Å²) in [5.74, 6) is 2.06. The van der Waals surface area contributed by atoms with Crippen molar-refractivity contribution in [2.24, 2.45) is 23.7 Å². The van der Waals surface area contributed by atoms with E-state index in [0.717, 1.165) is 0 Å². The second kappa shape index (κ2) is 3.42. The lowest BCUT2D eigenvalue weighted by Gasteiger charge is -2.32. The van der Waals surface area contributed by atoms with Gasteiger partial charge in [-0.15, -0.1) is 0 Å². The first-order chi connectivity index (χ1) is 5.54. The van der Waals surface area contributed by atoms with Crippen molar-refractivity contribution in [3.63, 3.8) is 0 Å². The number of Topliss-reactive ketones (excluding diaryl/α,β-unsaturated/α-hetero) is 1. The molecule has 0 aromatic carbocycles. The normalized spacial score (nSPS) is 41.3. The van der Waals surface area contributed by atoms with E-state index in [0.29, 0.717) is 23.5 Å². The van der Waals surface area contributed by atoms with Crippen LogP contribution in [0.25, 0.3) is 0 Å². The number of ketones is 1. The third kappa shape index (κ3) is 1.60. The monoisotopic (exact) mass is 166 g/mol. The largest absolute Gasteiger partial charge is 0.300 e. The number of rotatable bonds is 1. The van der Waals surface area contributed by atoms with Gasteiger partial charge in [0, 0.05) is 5.92 Å². The van der Waals surface area contributed by atoms with Crippen LogP contribution in [0.5, 0.6) is 0 Å². The molecule has 0 bridgehead atoms. The van der Waals surface area contributed by atoms with Crippen molar-refractivity contribution >= 4 is 5.78 Å². The van der Waals surface area contributed by atoms with Crippen LogP contribution in [0.1, 0.15) is 27.7 Å². The molecule has 12 heavy (non-hydrogen) atoms. The maximum absolute atomic E-state index is 11.3. The first-order valence-electron chi connectivity index (χ1n) is 4.72. The van der Waals surface area contributed by atoms with Crippen LogP contribution in [-0.2, 0) is 4.79 Å². The van der Waals surface area contributed by atoms with Crippen molar-refractivity contribution in [3.05, 3.63) is 12.2 Å². The fourth-order valence-corrected chi connectivity index (χ4v) is 2.19. The van der Waals surface area contributed by atoms with Crippen LogP contribution in [0, 0.1) is 23.7 Å². The average Bonchev–Trinajstić information content (AvgIpc) is 1.97. The lowest BCUT2D eigenvalue weighted by molar-refractivity contribution is -0.124. The van der Waals surface area contributed by atoms with Gasteiger partial charge in [-0.2, -0.15) is 0 Å². The summed E-state index contributed by atoms with van der Waals surface area (Å²) in [4.78, 5) is 11.3. The van der Waals surface area contributed by atoms with E-state index in [-0.39, 0.29) is 5.92 Å². The standard InChI is InChI=1S/C11H18O/c1-7-5-6-8(2)11(9(7)3)10(4)12/h5-9,11H,1-4H3/t7-,8-,9-,11-/m1/s1. The molecule has 0 saturated heterocycles. The summed E-state index contributed by atoms with van der Waals surface area (Å²) in [6.45, 7) is 8.20. The first-order valence-corrected chi connectivity index (χ1v) is 4.72. The Labute approximate surface area is 74.9 Å². The molecule has 1 aliphatic rings. The maximum Gasteiger partial charge on any atom is 0.133 e. The van der Waals surface area contributed by atoms with E-state index in [1.165, 1.54) is 0 Å². The van der Waals surface area contributed by atoms with Crippen LogP contribution in [0.15, 0.2) is 12.2 Å². The van der Waals surface area contributed by atoms with Crippen LogP contribution in [0.2, 0.25) is 0 Å². The van der Waals surface area contributed by atoms with Gasteiger partial charge in [0.1, 0.15) is 5.78 Å². The van der Waals surface area contributed by atoms with Crippen LogP contribution < -0.4 is 0 Å². The van der Waals surface area contributed by atoms with Crippen molar-refractivity contribution in [1.29, 1.82) is 0 Å². The summed E-state index contributed by atoms with van der Waals surface area (Å²) in [6.07, 6.45) is 4.41. The smallest absolute Gasteiger partial charge is 0.133 e. The minimum Gasteiger partial charge on any atom is -0.300 e. The lowest BCUT2D eigenvalue weighted by Crippen LogP contribution is -2.31. The second-order valence-electron chi connectivity index (χ2n) is 4.10.